The third-order valence-corrected chi connectivity index (χ3v) is 4.50. The van der Waals surface area contributed by atoms with Gasteiger partial charge < -0.3 is 9.52 Å². The Morgan fingerprint density at radius 2 is 1.92 bits per heavy atom. The number of hydrogen-bond acceptors (Lipinski definition) is 4. The SMILES string of the molecule is O=C(N/N=C/c1cc(Br)ccc1O)c1cc2c(ccc3ccccc32)o1. The molecule has 6 heteroatoms. The highest BCUT2D eigenvalue weighted by atomic mass is 79.9. The van der Waals surface area contributed by atoms with E-state index in [-0.39, 0.29) is 11.5 Å². The van der Waals surface area contributed by atoms with E-state index in [0.717, 1.165) is 20.6 Å². The number of phenols is 1. The Bertz CT molecular complexity index is 1160. The number of aromatic hydroxyl groups is 1. The number of benzene rings is 3. The highest BCUT2D eigenvalue weighted by molar-refractivity contribution is 9.10. The lowest BCUT2D eigenvalue weighted by molar-refractivity contribution is 0.0929. The smallest absolute Gasteiger partial charge is 0.307 e. The number of amides is 1. The van der Waals surface area contributed by atoms with Crippen LogP contribution in [0.25, 0.3) is 21.7 Å². The normalized spacial score (nSPS) is 11.4. The molecule has 5 nitrogen and oxygen atoms in total. The van der Waals surface area contributed by atoms with Gasteiger partial charge in [-0.15, -0.1) is 0 Å². The van der Waals surface area contributed by atoms with E-state index in [4.69, 9.17) is 4.42 Å². The molecule has 1 aromatic heterocycles. The fraction of sp³-hybridized carbons (Fsp3) is 0. The molecule has 0 aliphatic heterocycles. The maximum absolute atomic E-state index is 12.3. The molecule has 4 rings (SSSR count). The summed E-state index contributed by atoms with van der Waals surface area (Å²) in [6.07, 6.45) is 1.37. The first-order chi connectivity index (χ1) is 12.6. The molecular weight excluding hydrogens is 396 g/mol. The van der Waals surface area contributed by atoms with Crippen LogP contribution in [0.2, 0.25) is 0 Å². The Balaban J connectivity index is 1.59. The molecule has 0 saturated heterocycles. The molecule has 1 heterocycles. The highest BCUT2D eigenvalue weighted by Gasteiger charge is 2.13. The molecule has 2 N–H and O–H groups in total. The van der Waals surface area contributed by atoms with Crippen LogP contribution in [0.15, 0.2) is 74.7 Å². The van der Waals surface area contributed by atoms with Crippen molar-refractivity contribution in [2.75, 3.05) is 0 Å². The third kappa shape index (κ3) is 3.07. The Kier molecular flexibility index (Phi) is 4.18. The van der Waals surface area contributed by atoms with Crippen LogP contribution in [0, 0.1) is 0 Å². The molecule has 0 atom stereocenters. The minimum atomic E-state index is -0.462. The summed E-state index contributed by atoms with van der Waals surface area (Å²) in [6.45, 7) is 0. The van der Waals surface area contributed by atoms with E-state index in [0.29, 0.717) is 11.1 Å². The van der Waals surface area contributed by atoms with Crippen molar-refractivity contribution < 1.29 is 14.3 Å². The summed E-state index contributed by atoms with van der Waals surface area (Å²) in [5.41, 5.74) is 3.54. The largest absolute Gasteiger partial charge is 0.507 e. The van der Waals surface area contributed by atoms with Crippen molar-refractivity contribution in [3.8, 4) is 5.75 Å². The minimum absolute atomic E-state index is 0.0707. The van der Waals surface area contributed by atoms with Gasteiger partial charge in [-0.2, -0.15) is 5.10 Å². The fourth-order valence-electron chi connectivity index (χ4n) is 2.75. The van der Waals surface area contributed by atoms with Crippen molar-refractivity contribution in [1.82, 2.24) is 5.43 Å². The lowest BCUT2D eigenvalue weighted by atomic mass is 10.1. The molecule has 0 aliphatic rings. The number of fused-ring (bicyclic) bond motifs is 3. The zero-order chi connectivity index (χ0) is 18.1. The van der Waals surface area contributed by atoms with Crippen LogP contribution in [0.4, 0.5) is 0 Å². The number of nitrogens with zero attached hydrogens (tertiary/aromatic N) is 1. The van der Waals surface area contributed by atoms with Gasteiger partial charge >= 0.3 is 5.91 Å². The van der Waals surface area contributed by atoms with E-state index in [1.54, 1.807) is 18.2 Å². The van der Waals surface area contributed by atoms with Gasteiger partial charge in [-0.3, -0.25) is 4.79 Å². The molecule has 4 aromatic rings. The Hall–Kier alpha value is -3.12. The van der Waals surface area contributed by atoms with Gasteiger partial charge in [-0.05, 0) is 41.1 Å². The van der Waals surface area contributed by atoms with E-state index in [1.165, 1.54) is 12.3 Å². The topological polar surface area (TPSA) is 74.8 Å². The number of hydrazone groups is 1. The molecule has 0 aliphatic carbocycles. The molecule has 0 unspecified atom stereocenters. The number of hydrogen-bond donors (Lipinski definition) is 2. The Morgan fingerprint density at radius 1 is 1.08 bits per heavy atom. The Labute approximate surface area is 157 Å². The van der Waals surface area contributed by atoms with Gasteiger partial charge in [0.15, 0.2) is 5.76 Å². The molecule has 1 amide bonds. The fourth-order valence-corrected chi connectivity index (χ4v) is 3.13. The van der Waals surface area contributed by atoms with Crippen LogP contribution in [-0.2, 0) is 0 Å². The third-order valence-electron chi connectivity index (χ3n) is 4.01. The first-order valence-electron chi connectivity index (χ1n) is 7.85. The van der Waals surface area contributed by atoms with Crippen LogP contribution >= 0.6 is 15.9 Å². The van der Waals surface area contributed by atoms with Crippen molar-refractivity contribution >= 4 is 49.8 Å². The van der Waals surface area contributed by atoms with Crippen LogP contribution in [0.5, 0.6) is 5.75 Å². The lowest BCUT2D eigenvalue weighted by Gasteiger charge is -1.99. The van der Waals surface area contributed by atoms with Crippen molar-refractivity contribution in [2.24, 2.45) is 5.10 Å². The van der Waals surface area contributed by atoms with Crippen LogP contribution in [-0.4, -0.2) is 17.2 Å². The highest BCUT2D eigenvalue weighted by Crippen LogP contribution is 2.28. The maximum Gasteiger partial charge on any atom is 0.307 e. The average Bonchev–Trinajstić information content (AvgIpc) is 3.09. The van der Waals surface area contributed by atoms with E-state index in [1.807, 2.05) is 36.4 Å². The molecule has 0 radical (unpaired) electrons. The molecule has 0 saturated carbocycles. The minimum Gasteiger partial charge on any atom is -0.507 e. The van der Waals surface area contributed by atoms with E-state index < -0.39 is 5.91 Å². The van der Waals surface area contributed by atoms with Gasteiger partial charge in [0.2, 0.25) is 0 Å². The number of halogens is 1. The predicted molar refractivity (Wildman–Crippen MR) is 105 cm³/mol. The number of carbonyl (C=O) groups is 1. The summed E-state index contributed by atoms with van der Waals surface area (Å²) >= 11 is 3.32. The Morgan fingerprint density at radius 3 is 2.81 bits per heavy atom. The van der Waals surface area contributed by atoms with Crippen LogP contribution in [0.1, 0.15) is 16.1 Å². The summed E-state index contributed by atoms with van der Waals surface area (Å²) in [7, 11) is 0. The van der Waals surface area contributed by atoms with E-state index >= 15 is 0 Å². The number of carbonyl (C=O) groups excluding carboxylic acids is 1. The van der Waals surface area contributed by atoms with Gasteiger partial charge in [0.25, 0.3) is 0 Å². The maximum atomic E-state index is 12.3. The van der Waals surface area contributed by atoms with Gasteiger partial charge in [0, 0.05) is 15.4 Å². The zero-order valence-electron chi connectivity index (χ0n) is 13.4. The van der Waals surface area contributed by atoms with Gasteiger partial charge in [0.1, 0.15) is 11.3 Å². The molecule has 128 valence electrons. The molecule has 3 aromatic carbocycles. The van der Waals surface area contributed by atoms with Gasteiger partial charge in [0.05, 0.1) is 6.21 Å². The van der Waals surface area contributed by atoms with Gasteiger partial charge in [-0.25, -0.2) is 5.43 Å². The molecule has 26 heavy (non-hydrogen) atoms. The lowest BCUT2D eigenvalue weighted by Crippen LogP contribution is -2.16. The standard InChI is InChI=1S/C20H13BrN2O3/c21-14-6-7-17(24)13(9-14)11-22-23-20(25)19-10-16-15-4-2-1-3-12(15)5-8-18(16)26-19/h1-11,24H,(H,23,25)/b22-11+. The first kappa shape index (κ1) is 16.4. The summed E-state index contributed by atoms with van der Waals surface area (Å²) in [5, 5.41) is 16.6. The summed E-state index contributed by atoms with van der Waals surface area (Å²) in [4.78, 5) is 12.3. The summed E-state index contributed by atoms with van der Waals surface area (Å²) in [6, 6.07) is 18.4. The second-order valence-corrected chi connectivity index (χ2v) is 6.63. The van der Waals surface area contributed by atoms with Crippen LogP contribution in [0.3, 0.4) is 0 Å². The summed E-state index contributed by atoms with van der Waals surface area (Å²) < 4.78 is 6.44. The molecular formula is C20H13BrN2O3. The van der Waals surface area contributed by atoms with Crippen molar-refractivity contribution in [3.63, 3.8) is 0 Å². The van der Waals surface area contributed by atoms with Crippen molar-refractivity contribution in [2.45, 2.75) is 0 Å². The number of rotatable bonds is 3. The monoisotopic (exact) mass is 408 g/mol. The van der Waals surface area contributed by atoms with Crippen LogP contribution < -0.4 is 5.43 Å². The summed E-state index contributed by atoms with van der Waals surface area (Å²) in [5.74, 6) is -0.218. The second kappa shape index (κ2) is 6.65. The predicted octanol–water partition coefficient (Wildman–Crippen LogP) is 4.82. The number of nitrogens with one attached hydrogen (secondary N) is 1. The average molecular weight is 409 g/mol. The second-order valence-electron chi connectivity index (χ2n) is 5.71. The number of furan rings is 1. The zero-order valence-corrected chi connectivity index (χ0v) is 15.0. The molecule has 0 spiro atoms. The first-order valence-corrected chi connectivity index (χ1v) is 8.64. The molecule has 0 fully saturated rings. The number of phenolic OH excluding ortho intramolecular Hbond substituents is 1. The van der Waals surface area contributed by atoms with E-state index in [2.05, 4.69) is 26.5 Å². The van der Waals surface area contributed by atoms with Crippen molar-refractivity contribution in [1.29, 1.82) is 0 Å². The molecule has 0 bridgehead atoms. The van der Waals surface area contributed by atoms with Gasteiger partial charge in [-0.1, -0.05) is 46.3 Å². The quantitative estimate of drug-likeness (QED) is 0.377. The van der Waals surface area contributed by atoms with E-state index in [9.17, 15) is 9.90 Å². The van der Waals surface area contributed by atoms with Crippen molar-refractivity contribution in [3.05, 3.63) is 76.5 Å².